The van der Waals surface area contributed by atoms with Gasteiger partial charge in [0, 0.05) is 22.6 Å². The summed E-state index contributed by atoms with van der Waals surface area (Å²) in [5.41, 5.74) is 0.416. The first-order valence-electron chi connectivity index (χ1n) is 6.06. The number of benzene rings is 2. The molecule has 0 aliphatic heterocycles. The van der Waals surface area contributed by atoms with Crippen LogP contribution >= 0.6 is 15.9 Å². The Morgan fingerprint density at radius 3 is 2.67 bits per heavy atom. The van der Waals surface area contributed by atoms with E-state index in [9.17, 15) is 14.5 Å². The van der Waals surface area contributed by atoms with Gasteiger partial charge in [0.25, 0.3) is 0 Å². The molecule has 7 heteroatoms. The minimum absolute atomic E-state index is 0.104. The Morgan fingerprint density at radius 1 is 1.29 bits per heavy atom. The molecule has 0 fully saturated rings. The predicted molar refractivity (Wildman–Crippen MR) is 80.0 cm³/mol. The van der Waals surface area contributed by atoms with Crippen LogP contribution in [0.25, 0.3) is 0 Å². The molecule has 110 valence electrons. The molecule has 0 spiro atoms. The number of ether oxygens (including phenoxy) is 1. The third kappa shape index (κ3) is 3.77. The average molecular weight is 355 g/mol. The Kier molecular flexibility index (Phi) is 4.87. The van der Waals surface area contributed by atoms with E-state index in [1.165, 1.54) is 30.3 Å². The van der Waals surface area contributed by atoms with Crippen molar-refractivity contribution in [2.75, 3.05) is 7.05 Å². The molecule has 0 aromatic heterocycles. The Labute approximate surface area is 129 Å². The summed E-state index contributed by atoms with van der Waals surface area (Å²) < 4.78 is 19.4. The Morgan fingerprint density at radius 2 is 2.00 bits per heavy atom. The lowest BCUT2D eigenvalue weighted by Crippen LogP contribution is -2.07. The van der Waals surface area contributed by atoms with Crippen molar-refractivity contribution in [3.8, 4) is 11.5 Å². The van der Waals surface area contributed by atoms with E-state index in [-0.39, 0.29) is 11.4 Å². The van der Waals surface area contributed by atoms with Crippen LogP contribution in [0.15, 0.2) is 40.9 Å². The van der Waals surface area contributed by atoms with Crippen LogP contribution in [0.5, 0.6) is 11.5 Å². The highest BCUT2D eigenvalue weighted by Crippen LogP contribution is 2.35. The summed E-state index contributed by atoms with van der Waals surface area (Å²) in [5.74, 6) is 0.0845. The van der Waals surface area contributed by atoms with Gasteiger partial charge in [0.05, 0.1) is 4.92 Å². The van der Waals surface area contributed by atoms with E-state index >= 15 is 0 Å². The lowest BCUT2D eigenvalue weighted by atomic mass is 10.2. The number of hydrogen-bond donors (Lipinski definition) is 1. The topological polar surface area (TPSA) is 64.4 Å². The molecule has 2 aromatic rings. The molecule has 0 bridgehead atoms. The molecule has 0 heterocycles. The van der Waals surface area contributed by atoms with Crippen molar-refractivity contribution in [1.82, 2.24) is 5.32 Å². The van der Waals surface area contributed by atoms with Crippen molar-refractivity contribution in [3.63, 3.8) is 0 Å². The number of hydrogen-bond acceptors (Lipinski definition) is 4. The van der Waals surface area contributed by atoms with E-state index in [0.717, 1.165) is 0 Å². The minimum atomic E-state index is -0.526. The molecular formula is C14H12BrFN2O3. The largest absolute Gasteiger partial charge is 0.450 e. The minimum Gasteiger partial charge on any atom is -0.450 e. The Hall–Kier alpha value is -1.99. The molecule has 1 N–H and O–H groups in total. The van der Waals surface area contributed by atoms with Gasteiger partial charge in [-0.05, 0) is 37.4 Å². The molecular weight excluding hydrogens is 343 g/mol. The zero-order valence-corrected chi connectivity index (χ0v) is 12.7. The zero-order valence-electron chi connectivity index (χ0n) is 11.1. The maximum atomic E-state index is 13.3. The number of nitro groups is 1. The summed E-state index contributed by atoms with van der Waals surface area (Å²) in [7, 11) is 1.72. The van der Waals surface area contributed by atoms with Crippen molar-refractivity contribution < 1.29 is 14.1 Å². The van der Waals surface area contributed by atoms with E-state index < -0.39 is 10.7 Å². The number of nitrogens with one attached hydrogen (secondary N) is 1. The second-order valence-electron chi connectivity index (χ2n) is 4.25. The van der Waals surface area contributed by atoms with Gasteiger partial charge < -0.3 is 10.1 Å². The van der Waals surface area contributed by atoms with E-state index in [4.69, 9.17) is 4.74 Å². The normalized spacial score (nSPS) is 10.4. The van der Waals surface area contributed by atoms with Crippen LogP contribution in [-0.4, -0.2) is 12.0 Å². The highest BCUT2D eigenvalue weighted by Gasteiger charge is 2.17. The van der Waals surface area contributed by atoms with Crippen LogP contribution in [0.1, 0.15) is 5.56 Å². The quantitative estimate of drug-likeness (QED) is 0.650. The fourth-order valence-electron chi connectivity index (χ4n) is 1.81. The van der Waals surface area contributed by atoms with Gasteiger partial charge in [-0.2, -0.15) is 0 Å². The zero-order chi connectivity index (χ0) is 15.4. The predicted octanol–water partition coefficient (Wildman–Crippen LogP) is 4.01. The molecule has 0 saturated heterocycles. The average Bonchev–Trinajstić information content (AvgIpc) is 2.43. The van der Waals surface area contributed by atoms with Crippen molar-refractivity contribution in [2.24, 2.45) is 0 Å². The monoisotopic (exact) mass is 354 g/mol. The smallest absolute Gasteiger partial charge is 0.312 e. The van der Waals surface area contributed by atoms with E-state index in [1.54, 1.807) is 13.1 Å². The van der Waals surface area contributed by atoms with Crippen LogP contribution in [-0.2, 0) is 6.54 Å². The van der Waals surface area contributed by atoms with Gasteiger partial charge in [-0.25, -0.2) is 4.39 Å². The third-order valence-electron chi connectivity index (χ3n) is 2.73. The standard InChI is InChI=1S/C14H12BrFN2O3/c1-17-8-9-6-11(16)3-5-13(9)21-14-4-2-10(15)7-12(14)18(19)20/h2-7,17H,8H2,1H3. The van der Waals surface area contributed by atoms with Gasteiger partial charge in [-0.1, -0.05) is 15.9 Å². The van der Waals surface area contributed by atoms with Gasteiger partial charge in [-0.15, -0.1) is 0 Å². The number of halogens is 2. The maximum absolute atomic E-state index is 13.3. The lowest BCUT2D eigenvalue weighted by molar-refractivity contribution is -0.385. The highest BCUT2D eigenvalue weighted by molar-refractivity contribution is 9.10. The van der Waals surface area contributed by atoms with E-state index in [1.807, 2.05) is 0 Å². The van der Waals surface area contributed by atoms with Gasteiger partial charge in [-0.3, -0.25) is 10.1 Å². The Bertz CT molecular complexity index is 679. The molecule has 0 amide bonds. The first-order valence-corrected chi connectivity index (χ1v) is 6.85. The molecule has 0 unspecified atom stereocenters. The molecule has 21 heavy (non-hydrogen) atoms. The molecule has 0 aliphatic rings. The number of nitro benzene ring substituents is 1. The first-order chi connectivity index (χ1) is 10.0. The van der Waals surface area contributed by atoms with E-state index in [2.05, 4.69) is 21.2 Å². The Balaban J connectivity index is 2.40. The second-order valence-corrected chi connectivity index (χ2v) is 5.17. The maximum Gasteiger partial charge on any atom is 0.312 e. The summed E-state index contributed by atoms with van der Waals surface area (Å²) in [6.07, 6.45) is 0. The second kappa shape index (κ2) is 6.64. The van der Waals surface area contributed by atoms with Gasteiger partial charge in [0.15, 0.2) is 0 Å². The van der Waals surface area contributed by atoms with Crippen LogP contribution < -0.4 is 10.1 Å². The summed E-state index contributed by atoms with van der Waals surface area (Å²) in [5, 5.41) is 14.0. The van der Waals surface area contributed by atoms with Crippen molar-refractivity contribution in [1.29, 1.82) is 0 Å². The highest BCUT2D eigenvalue weighted by atomic mass is 79.9. The molecule has 0 aliphatic carbocycles. The SMILES string of the molecule is CNCc1cc(F)ccc1Oc1ccc(Br)cc1[N+](=O)[O-]. The van der Waals surface area contributed by atoms with Crippen LogP contribution in [0, 0.1) is 15.9 Å². The first kappa shape index (κ1) is 15.4. The molecule has 2 aromatic carbocycles. The van der Waals surface area contributed by atoms with E-state index in [0.29, 0.717) is 22.3 Å². The lowest BCUT2D eigenvalue weighted by Gasteiger charge is -2.11. The molecule has 2 rings (SSSR count). The van der Waals surface area contributed by atoms with Crippen molar-refractivity contribution in [3.05, 3.63) is 62.4 Å². The fourth-order valence-corrected chi connectivity index (χ4v) is 2.16. The molecule has 0 radical (unpaired) electrons. The van der Waals surface area contributed by atoms with Crippen molar-refractivity contribution >= 4 is 21.6 Å². The summed E-state index contributed by atoms with van der Waals surface area (Å²) in [4.78, 5) is 10.5. The van der Waals surface area contributed by atoms with Crippen LogP contribution in [0.3, 0.4) is 0 Å². The van der Waals surface area contributed by atoms with Gasteiger partial charge >= 0.3 is 5.69 Å². The van der Waals surface area contributed by atoms with Gasteiger partial charge in [0.1, 0.15) is 11.6 Å². The summed E-state index contributed by atoms with van der Waals surface area (Å²) >= 11 is 3.18. The van der Waals surface area contributed by atoms with Crippen LogP contribution in [0.4, 0.5) is 10.1 Å². The summed E-state index contributed by atoms with van der Waals surface area (Å²) in [6.45, 7) is 0.386. The number of rotatable bonds is 5. The third-order valence-corrected chi connectivity index (χ3v) is 3.22. The van der Waals surface area contributed by atoms with Gasteiger partial charge in [0.2, 0.25) is 5.75 Å². The molecule has 0 saturated carbocycles. The summed E-state index contributed by atoms with van der Waals surface area (Å²) in [6, 6.07) is 8.53. The fraction of sp³-hybridized carbons (Fsp3) is 0.143. The molecule has 0 atom stereocenters. The van der Waals surface area contributed by atoms with Crippen molar-refractivity contribution in [2.45, 2.75) is 6.54 Å². The molecule has 5 nitrogen and oxygen atoms in total. The van der Waals surface area contributed by atoms with Crippen LogP contribution in [0.2, 0.25) is 0 Å². The number of nitrogens with zero attached hydrogens (tertiary/aromatic N) is 1.